The van der Waals surface area contributed by atoms with Crippen LogP contribution in [0.2, 0.25) is 5.02 Å². The van der Waals surface area contributed by atoms with Gasteiger partial charge in [-0.1, -0.05) is 23.6 Å². The Morgan fingerprint density at radius 2 is 2.20 bits per heavy atom. The van der Waals surface area contributed by atoms with Crippen LogP contribution in [0.25, 0.3) is 0 Å². The Balaban J connectivity index is 1.97. The highest BCUT2D eigenvalue weighted by molar-refractivity contribution is 6.32. The molecule has 1 heterocycles. The smallest absolute Gasteiger partial charge is 0.320 e. The Bertz CT molecular complexity index is 559. The van der Waals surface area contributed by atoms with Crippen molar-refractivity contribution in [2.45, 2.75) is 19.9 Å². The van der Waals surface area contributed by atoms with Gasteiger partial charge in [-0.05, 0) is 31.2 Å². The molecule has 1 aromatic heterocycles. The van der Waals surface area contributed by atoms with E-state index in [2.05, 4.69) is 27.8 Å². The molecular weight excluding hydrogens is 280 g/mol. The summed E-state index contributed by atoms with van der Waals surface area (Å²) in [5.74, 6) is 1.16. The summed E-state index contributed by atoms with van der Waals surface area (Å²) in [6.07, 6.45) is 1.06. The third-order valence-corrected chi connectivity index (χ3v) is 2.87. The number of aromatic nitrogens is 2. The molecule has 0 fully saturated rings. The van der Waals surface area contributed by atoms with Crippen molar-refractivity contribution in [3.63, 3.8) is 0 Å². The number of ether oxygens (including phenoxy) is 1. The first-order valence-electron chi connectivity index (χ1n) is 6.36. The highest BCUT2D eigenvalue weighted by Crippen LogP contribution is 2.28. The third-order valence-electron chi connectivity index (χ3n) is 2.57. The fourth-order valence-electron chi connectivity index (χ4n) is 1.62. The van der Waals surface area contributed by atoms with E-state index in [1.807, 2.05) is 6.07 Å². The fraction of sp³-hybridized carbons (Fsp3) is 0.385. The van der Waals surface area contributed by atoms with Crippen LogP contribution in [0.5, 0.6) is 5.75 Å². The number of nitrogens with one attached hydrogen (secondary N) is 2. The molecule has 0 unspecified atom stereocenters. The second kappa shape index (κ2) is 7.12. The van der Waals surface area contributed by atoms with E-state index in [0.717, 1.165) is 18.7 Å². The number of halogens is 1. The summed E-state index contributed by atoms with van der Waals surface area (Å²) in [6.45, 7) is 3.58. The van der Waals surface area contributed by atoms with Crippen LogP contribution in [-0.4, -0.2) is 23.9 Å². The van der Waals surface area contributed by atoms with Crippen molar-refractivity contribution in [1.29, 1.82) is 0 Å². The minimum absolute atomic E-state index is 0.333. The SMILES string of the molecule is CCCNCc1nnc(Nc2ccc(OC)c(Cl)c2)o1. The molecule has 0 amide bonds. The average Bonchev–Trinajstić information content (AvgIpc) is 2.87. The average molecular weight is 297 g/mol. The lowest BCUT2D eigenvalue weighted by Gasteiger charge is -2.05. The first-order chi connectivity index (χ1) is 9.72. The standard InChI is InChI=1S/C13H17ClN4O2/c1-3-6-15-8-12-17-18-13(20-12)16-9-4-5-11(19-2)10(14)7-9/h4-5,7,15H,3,6,8H2,1-2H3,(H,16,18). The van der Waals surface area contributed by atoms with Gasteiger partial charge in [0, 0.05) is 5.69 Å². The number of rotatable bonds is 7. The minimum atomic E-state index is 0.333. The summed E-state index contributed by atoms with van der Waals surface area (Å²) < 4.78 is 10.6. The van der Waals surface area contributed by atoms with E-state index in [4.69, 9.17) is 20.8 Å². The Hall–Kier alpha value is -1.79. The zero-order chi connectivity index (χ0) is 14.4. The predicted molar refractivity (Wildman–Crippen MR) is 77.6 cm³/mol. The topological polar surface area (TPSA) is 72.2 Å². The molecule has 0 radical (unpaired) electrons. The van der Waals surface area contributed by atoms with Crippen molar-refractivity contribution in [3.8, 4) is 5.75 Å². The van der Waals surface area contributed by atoms with Gasteiger partial charge in [0.15, 0.2) is 0 Å². The molecule has 0 saturated heterocycles. The zero-order valence-corrected chi connectivity index (χ0v) is 12.2. The van der Waals surface area contributed by atoms with Crippen molar-refractivity contribution in [2.24, 2.45) is 0 Å². The Morgan fingerprint density at radius 3 is 2.90 bits per heavy atom. The van der Waals surface area contributed by atoms with E-state index in [1.54, 1.807) is 19.2 Å². The van der Waals surface area contributed by atoms with E-state index in [1.165, 1.54) is 0 Å². The van der Waals surface area contributed by atoms with E-state index < -0.39 is 0 Å². The van der Waals surface area contributed by atoms with Crippen molar-refractivity contribution in [1.82, 2.24) is 15.5 Å². The molecule has 0 saturated carbocycles. The van der Waals surface area contributed by atoms with Gasteiger partial charge in [0.05, 0.1) is 18.7 Å². The molecule has 7 heteroatoms. The van der Waals surface area contributed by atoms with Crippen LogP contribution in [0.3, 0.4) is 0 Å². The van der Waals surface area contributed by atoms with Crippen molar-refractivity contribution < 1.29 is 9.15 Å². The fourth-order valence-corrected chi connectivity index (χ4v) is 1.87. The number of hydrogen-bond donors (Lipinski definition) is 2. The van der Waals surface area contributed by atoms with Crippen LogP contribution in [0.1, 0.15) is 19.2 Å². The lowest BCUT2D eigenvalue weighted by molar-refractivity contribution is 0.415. The number of hydrogen-bond acceptors (Lipinski definition) is 6. The van der Waals surface area contributed by atoms with E-state index in [9.17, 15) is 0 Å². The molecule has 108 valence electrons. The van der Waals surface area contributed by atoms with E-state index >= 15 is 0 Å². The second-order valence-corrected chi connectivity index (χ2v) is 4.56. The van der Waals surface area contributed by atoms with Gasteiger partial charge in [-0.15, -0.1) is 5.10 Å². The van der Waals surface area contributed by atoms with Gasteiger partial charge in [0.25, 0.3) is 0 Å². The monoisotopic (exact) mass is 296 g/mol. The van der Waals surface area contributed by atoms with Crippen LogP contribution >= 0.6 is 11.6 Å². The van der Waals surface area contributed by atoms with Gasteiger partial charge in [0.1, 0.15) is 5.75 Å². The lowest BCUT2D eigenvalue weighted by Crippen LogP contribution is -2.13. The summed E-state index contributed by atoms with van der Waals surface area (Å²) in [5.41, 5.74) is 0.757. The molecule has 2 aromatic rings. The Morgan fingerprint density at radius 1 is 1.35 bits per heavy atom. The molecule has 0 spiro atoms. The molecule has 0 bridgehead atoms. The lowest BCUT2D eigenvalue weighted by atomic mass is 10.3. The Labute approximate surface area is 122 Å². The maximum atomic E-state index is 6.04. The quantitative estimate of drug-likeness (QED) is 0.765. The number of anilines is 2. The molecular formula is C13H17ClN4O2. The maximum Gasteiger partial charge on any atom is 0.320 e. The number of methoxy groups -OCH3 is 1. The third kappa shape index (κ3) is 3.85. The van der Waals surface area contributed by atoms with Crippen LogP contribution in [0.15, 0.2) is 22.6 Å². The van der Waals surface area contributed by atoms with Crippen LogP contribution in [-0.2, 0) is 6.54 Å². The van der Waals surface area contributed by atoms with Crippen molar-refractivity contribution in [2.75, 3.05) is 19.0 Å². The van der Waals surface area contributed by atoms with Crippen molar-refractivity contribution in [3.05, 3.63) is 29.1 Å². The van der Waals surface area contributed by atoms with Gasteiger partial charge in [0.2, 0.25) is 5.89 Å². The highest BCUT2D eigenvalue weighted by atomic mass is 35.5. The summed E-state index contributed by atoms with van der Waals surface area (Å²) in [6, 6.07) is 5.66. The summed E-state index contributed by atoms with van der Waals surface area (Å²) in [5, 5.41) is 14.6. The molecule has 0 aliphatic rings. The molecule has 2 N–H and O–H groups in total. The molecule has 0 atom stereocenters. The van der Waals surface area contributed by atoms with Crippen molar-refractivity contribution >= 4 is 23.3 Å². The van der Waals surface area contributed by atoms with Gasteiger partial charge < -0.3 is 19.8 Å². The predicted octanol–water partition coefficient (Wildman–Crippen LogP) is 2.97. The van der Waals surface area contributed by atoms with E-state index in [0.29, 0.717) is 29.2 Å². The molecule has 0 aliphatic carbocycles. The largest absolute Gasteiger partial charge is 0.495 e. The molecule has 0 aliphatic heterocycles. The summed E-state index contributed by atoms with van der Waals surface area (Å²) >= 11 is 6.04. The van der Waals surface area contributed by atoms with Gasteiger partial charge in [-0.25, -0.2) is 0 Å². The summed E-state index contributed by atoms with van der Waals surface area (Å²) in [7, 11) is 1.57. The van der Waals surface area contributed by atoms with Crippen LogP contribution < -0.4 is 15.4 Å². The van der Waals surface area contributed by atoms with E-state index in [-0.39, 0.29) is 0 Å². The molecule has 2 rings (SSSR count). The maximum absolute atomic E-state index is 6.04. The first-order valence-corrected chi connectivity index (χ1v) is 6.74. The van der Waals surface area contributed by atoms with Gasteiger partial charge in [-0.3, -0.25) is 0 Å². The molecule has 20 heavy (non-hydrogen) atoms. The van der Waals surface area contributed by atoms with Crippen LogP contribution in [0.4, 0.5) is 11.7 Å². The zero-order valence-electron chi connectivity index (χ0n) is 11.4. The van der Waals surface area contributed by atoms with Crippen LogP contribution in [0, 0.1) is 0 Å². The Kier molecular flexibility index (Phi) is 5.20. The summed E-state index contributed by atoms with van der Waals surface area (Å²) in [4.78, 5) is 0. The highest BCUT2D eigenvalue weighted by Gasteiger charge is 2.07. The first kappa shape index (κ1) is 14.6. The van der Waals surface area contributed by atoms with Gasteiger partial charge in [-0.2, -0.15) is 0 Å². The second-order valence-electron chi connectivity index (χ2n) is 4.15. The normalized spacial score (nSPS) is 10.6. The number of nitrogens with zero attached hydrogens (tertiary/aromatic N) is 2. The number of benzene rings is 1. The minimum Gasteiger partial charge on any atom is -0.495 e. The molecule has 6 nitrogen and oxygen atoms in total. The molecule has 1 aromatic carbocycles. The van der Waals surface area contributed by atoms with Gasteiger partial charge >= 0.3 is 6.01 Å².